The number of esters is 1. The summed E-state index contributed by atoms with van der Waals surface area (Å²) >= 11 is 0. The third kappa shape index (κ3) is 3.59. The Kier molecular flexibility index (Phi) is 5.28. The Balaban J connectivity index is 2.55. The number of hydrogen-bond acceptors (Lipinski definition) is 4. The molecule has 2 rings (SSSR count). The Morgan fingerprint density at radius 1 is 1.33 bits per heavy atom. The first-order valence-corrected chi connectivity index (χ1v) is 7.21. The summed E-state index contributed by atoms with van der Waals surface area (Å²) in [6.07, 6.45) is -4.46. The van der Waals surface area contributed by atoms with Crippen LogP contribution in [0.3, 0.4) is 0 Å². The molecule has 0 bridgehead atoms. The summed E-state index contributed by atoms with van der Waals surface area (Å²) < 4.78 is 50.0. The molecule has 1 aromatic carbocycles. The molecule has 0 aliphatic carbocycles. The maximum atomic E-state index is 12.9. The molecular formula is C16H17F3N2O3. The van der Waals surface area contributed by atoms with E-state index >= 15 is 0 Å². The van der Waals surface area contributed by atoms with Gasteiger partial charge in [-0.05, 0) is 32.0 Å². The minimum atomic E-state index is -4.46. The van der Waals surface area contributed by atoms with E-state index in [9.17, 15) is 18.0 Å². The standard InChI is InChI=1S/C16H17F3N2O3/c1-4-24-15(22)14-10(2)21(20-13(14)9-23-3)12-7-5-6-11(8-12)16(17,18)19/h5-8H,4,9H2,1-3H3. The number of benzene rings is 1. The molecule has 0 fully saturated rings. The Hall–Kier alpha value is -2.35. The van der Waals surface area contributed by atoms with E-state index in [1.165, 1.54) is 23.9 Å². The van der Waals surface area contributed by atoms with Gasteiger partial charge < -0.3 is 9.47 Å². The molecular weight excluding hydrogens is 325 g/mol. The van der Waals surface area contributed by atoms with Crippen LogP contribution in [0, 0.1) is 6.92 Å². The van der Waals surface area contributed by atoms with Gasteiger partial charge in [0.25, 0.3) is 0 Å². The maximum absolute atomic E-state index is 12.9. The normalized spacial score (nSPS) is 11.6. The number of hydrogen-bond donors (Lipinski definition) is 0. The van der Waals surface area contributed by atoms with E-state index in [4.69, 9.17) is 9.47 Å². The molecule has 0 radical (unpaired) electrons. The fourth-order valence-corrected chi connectivity index (χ4v) is 2.33. The summed E-state index contributed by atoms with van der Waals surface area (Å²) in [5, 5.41) is 4.22. The van der Waals surface area contributed by atoms with E-state index in [1.807, 2.05) is 0 Å². The van der Waals surface area contributed by atoms with Crippen molar-refractivity contribution in [1.29, 1.82) is 0 Å². The van der Waals surface area contributed by atoms with E-state index in [1.54, 1.807) is 13.8 Å². The average molecular weight is 342 g/mol. The highest BCUT2D eigenvalue weighted by Crippen LogP contribution is 2.31. The number of carbonyl (C=O) groups is 1. The number of ether oxygens (including phenoxy) is 2. The Morgan fingerprint density at radius 3 is 2.62 bits per heavy atom. The SMILES string of the molecule is CCOC(=O)c1c(COC)nn(-c2cccc(C(F)(F)F)c2)c1C. The molecule has 0 unspecified atom stereocenters. The smallest absolute Gasteiger partial charge is 0.416 e. The number of rotatable bonds is 5. The zero-order valence-electron chi connectivity index (χ0n) is 13.5. The van der Waals surface area contributed by atoms with Crippen LogP contribution in [0.25, 0.3) is 5.69 Å². The number of alkyl halides is 3. The molecule has 0 amide bonds. The summed E-state index contributed by atoms with van der Waals surface area (Å²) in [6, 6.07) is 4.73. The van der Waals surface area contributed by atoms with E-state index < -0.39 is 17.7 Å². The molecule has 0 saturated heterocycles. The predicted molar refractivity (Wildman–Crippen MR) is 80.0 cm³/mol. The van der Waals surface area contributed by atoms with Gasteiger partial charge in [-0.25, -0.2) is 9.48 Å². The molecule has 1 aromatic heterocycles. The number of methoxy groups -OCH3 is 1. The van der Waals surface area contributed by atoms with Crippen LogP contribution in [0.2, 0.25) is 0 Å². The lowest BCUT2D eigenvalue weighted by Gasteiger charge is -2.10. The summed E-state index contributed by atoms with van der Waals surface area (Å²) in [4.78, 5) is 12.1. The van der Waals surface area contributed by atoms with E-state index in [0.717, 1.165) is 12.1 Å². The van der Waals surface area contributed by atoms with Crippen LogP contribution in [0.15, 0.2) is 24.3 Å². The van der Waals surface area contributed by atoms with Gasteiger partial charge >= 0.3 is 12.1 Å². The zero-order chi connectivity index (χ0) is 17.9. The van der Waals surface area contributed by atoms with E-state index in [-0.39, 0.29) is 24.5 Å². The molecule has 0 N–H and O–H groups in total. The van der Waals surface area contributed by atoms with E-state index in [2.05, 4.69) is 5.10 Å². The Bertz CT molecular complexity index is 739. The van der Waals surface area contributed by atoms with Crippen molar-refractivity contribution in [2.45, 2.75) is 26.6 Å². The summed E-state index contributed by atoms with van der Waals surface area (Å²) in [5.74, 6) is -0.583. The molecule has 0 aliphatic rings. The zero-order valence-corrected chi connectivity index (χ0v) is 13.5. The van der Waals surface area contributed by atoms with Crippen LogP contribution in [0.1, 0.15) is 34.2 Å². The summed E-state index contributed by atoms with van der Waals surface area (Å²) in [5.41, 5.74) is 0.318. The highest BCUT2D eigenvalue weighted by atomic mass is 19.4. The van der Waals surface area contributed by atoms with E-state index in [0.29, 0.717) is 11.4 Å². The molecule has 0 aliphatic heterocycles. The van der Waals surface area contributed by atoms with Crippen molar-refractivity contribution in [3.05, 3.63) is 46.8 Å². The van der Waals surface area contributed by atoms with Gasteiger partial charge in [0.2, 0.25) is 0 Å². The quantitative estimate of drug-likeness (QED) is 0.780. The number of aromatic nitrogens is 2. The van der Waals surface area contributed by atoms with Gasteiger partial charge in [0, 0.05) is 7.11 Å². The maximum Gasteiger partial charge on any atom is 0.416 e. The predicted octanol–water partition coefficient (Wildman–Crippen LogP) is 3.52. The molecule has 2 aromatic rings. The van der Waals surface area contributed by atoms with Crippen LogP contribution in [-0.4, -0.2) is 29.5 Å². The molecule has 5 nitrogen and oxygen atoms in total. The van der Waals surface area contributed by atoms with Gasteiger partial charge in [0.05, 0.1) is 30.2 Å². The van der Waals surface area contributed by atoms with Crippen molar-refractivity contribution in [3.8, 4) is 5.69 Å². The fraction of sp³-hybridized carbons (Fsp3) is 0.375. The van der Waals surface area contributed by atoms with Gasteiger partial charge in [-0.2, -0.15) is 18.3 Å². The van der Waals surface area contributed by atoms with Gasteiger partial charge in [-0.1, -0.05) is 6.07 Å². The molecule has 0 saturated carbocycles. The number of carbonyl (C=O) groups excluding carboxylic acids is 1. The Morgan fingerprint density at radius 2 is 2.04 bits per heavy atom. The summed E-state index contributed by atoms with van der Waals surface area (Å²) in [6.45, 7) is 3.49. The monoisotopic (exact) mass is 342 g/mol. The van der Waals surface area contributed by atoms with Crippen LogP contribution in [-0.2, 0) is 22.3 Å². The van der Waals surface area contributed by atoms with Crippen molar-refractivity contribution in [3.63, 3.8) is 0 Å². The molecule has 1 heterocycles. The second-order valence-electron chi connectivity index (χ2n) is 5.02. The lowest BCUT2D eigenvalue weighted by atomic mass is 10.1. The van der Waals surface area contributed by atoms with Crippen LogP contribution < -0.4 is 0 Å². The highest BCUT2D eigenvalue weighted by Gasteiger charge is 2.31. The number of nitrogens with zero attached hydrogens (tertiary/aromatic N) is 2. The lowest BCUT2D eigenvalue weighted by Crippen LogP contribution is -2.09. The Labute approximate surface area is 137 Å². The minimum Gasteiger partial charge on any atom is -0.462 e. The van der Waals surface area contributed by atoms with Crippen molar-refractivity contribution in [2.75, 3.05) is 13.7 Å². The van der Waals surface area contributed by atoms with Gasteiger partial charge in [-0.3, -0.25) is 0 Å². The number of halogens is 3. The first-order chi connectivity index (χ1) is 11.3. The third-order valence-electron chi connectivity index (χ3n) is 3.37. The fourth-order valence-electron chi connectivity index (χ4n) is 2.33. The second kappa shape index (κ2) is 7.04. The second-order valence-corrected chi connectivity index (χ2v) is 5.02. The lowest BCUT2D eigenvalue weighted by molar-refractivity contribution is -0.137. The van der Waals surface area contributed by atoms with Gasteiger partial charge in [-0.15, -0.1) is 0 Å². The molecule has 24 heavy (non-hydrogen) atoms. The first kappa shape index (κ1) is 18.0. The van der Waals surface area contributed by atoms with Gasteiger partial charge in [0.15, 0.2) is 0 Å². The van der Waals surface area contributed by atoms with Crippen molar-refractivity contribution >= 4 is 5.97 Å². The highest BCUT2D eigenvalue weighted by molar-refractivity contribution is 5.92. The third-order valence-corrected chi connectivity index (χ3v) is 3.37. The van der Waals surface area contributed by atoms with Gasteiger partial charge in [0.1, 0.15) is 11.3 Å². The first-order valence-electron chi connectivity index (χ1n) is 7.21. The van der Waals surface area contributed by atoms with Crippen molar-refractivity contribution in [2.24, 2.45) is 0 Å². The topological polar surface area (TPSA) is 53.4 Å². The average Bonchev–Trinajstić information content (AvgIpc) is 2.84. The molecule has 0 spiro atoms. The molecule has 0 atom stereocenters. The molecule has 8 heteroatoms. The van der Waals surface area contributed by atoms with Crippen molar-refractivity contribution in [1.82, 2.24) is 9.78 Å². The van der Waals surface area contributed by atoms with Crippen LogP contribution >= 0.6 is 0 Å². The van der Waals surface area contributed by atoms with Crippen molar-refractivity contribution < 1.29 is 27.4 Å². The van der Waals surface area contributed by atoms with Crippen LogP contribution in [0.4, 0.5) is 13.2 Å². The summed E-state index contributed by atoms with van der Waals surface area (Å²) in [7, 11) is 1.44. The largest absolute Gasteiger partial charge is 0.462 e. The minimum absolute atomic E-state index is 0.0426. The molecule has 130 valence electrons. The van der Waals surface area contributed by atoms with Crippen LogP contribution in [0.5, 0.6) is 0 Å².